The predicted molar refractivity (Wildman–Crippen MR) is 70.0 cm³/mol. The molecule has 19 heavy (non-hydrogen) atoms. The second-order valence-corrected chi connectivity index (χ2v) is 8.01. The van der Waals surface area contributed by atoms with Crippen molar-refractivity contribution >= 4 is 27.6 Å². The van der Waals surface area contributed by atoms with Crippen LogP contribution < -0.4 is 0 Å². The maximum Gasteiger partial charge on any atom is 0.313 e. The zero-order valence-corrected chi connectivity index (χ0v) is 12.3. The average Bonchev–Trinajstić information content (AvgIpc) is 2.77. The van der Waals surface area contributed by atoms with Gasteiger partial charge in [-0.3, -0.25) is 9.36 Å². The topological polar surface area (TPSA) is 102 Å². The van der Waals surface area contributed by atoms with Crippen molar-refractivity contribution in [1.82, 2.24) is 14.8 Å². The number of aryl methyl sites for hydroxylation is 1. The maximum absolute atomic E-state index is 11.7. The second kappa shape index (κ2) is 4.78. The zero-order chi connectivity index (χ0) is 14.3. The summed E-state index contributed by atoms with van der Waals surface area (Å²) < 4.78 is 25.1. The minimum Gasteiger partial charge on any atom is -0.481 e. The van der Waals surface area contributed by atoms with Gasteiger partial charge in [0.1, 0.15) is 5.82 Å². The van der Waals surface area contributed by atoms with Gasteiger partial charge in [-0.05, 0) is 20.3 Å². The third-order valence-corrected chi connectivity index (χ3v) is 5.94. The van der Waals surface area contributed by atoms with Crippen molar-refractivity contribution in [2.75, 3.05) is 17.3 Å². The summed E-state index contributed by atoms with van der Waals surface area (Å²) in [6.45, 7) is 3.59. The molecule has 1 atom stereocenters. The van der Waals surface area contributed by atoms with Crippen LogP contribution in [-0.2, 0) is 20.2 Å². The van der Waals surface area contributed by atoms with Crippen LogP contribution >= 0.6 is 11.8 Å². The van der Waals surface area contributed by atoms with Crippen molar-refractivity contribution in [3.8, 4) is 0 Å². The number of carboxylic acids is 1. The number of sulfone groups is 1. The van der Waals surface area contributed by atoms with Crippen LogP contribution in [0, 0.1) is 6.92 Å². The van der Waals surface area contributed by atoms with Gasteiger partial charge < -0.3 is 5.11 Å². The lowest BCUT2D eigenvalue weighted by molar-refractivity contribution is -0.133. The van der Waals surface area contributed by atoms with E-state index in [1.165, 1.54) is 0 Å². The molecule has 0 saturated carbocycles. The molecule has 0 amide bonds. The molecule has 1 aromatic rings. The fourth-order valence-electron chi connectivity index (χ4n) is 2.35. The standard InChI is InChI=1S/C10H15N3O4S2/c1-7-11-12-9(18-5-8(14)15)13(7)10(2)3-4-19(16,17)6-10/h3-6H2,1-2H3,(H,14,15). The van der Waals surface area contributed by atoms with Crippen LogP contribution in [0.2, 0.25) is 0 Å². The first-order chi connectivity index (χ1) is 8.73. The summed E-state index contributed by atoms with van der Waals surface area (Å²) in [5.74, 6) is -0.279. The van der Waals surface area contributed by atoms with Gasteiger partial charge in [-0.2, -0.15) is 0 Å². The molecular weight excluding hydrogens is 290 g/mol. The summed E-state index contributed by atoms with van der Waals surface area (Å²) >= 11 is 1.06. The minimum absolute atomic E-state index is 0.0412. The fourth-order valence-corrected chi connectivity index (χ4v) is 5.30. The number of thioether (sulfide) groups is 1. The van der Waals surface area contributed by atoms with Gasteiger partial charge in [0.2, 0.25) is 0 Å². The molecular formula is C10H15N3O4S2. The first-order valence-corrected chi connectivity index (χ1v) is 8.52. The van der Waals surface area contributed by atoms with E-state index in [0.717, 1.165) is 11.8 Å². The van der Waals surface area contributed by atoms with Crippen LogP contribution in [0.15, 0.2) is 5.16 Å². The quantitative estimate of drug-likeness (QED) is 0.798. The van der Waals surface area contributed by atoms with Gasteiger partial charge in [0.05, 0.1) is 22.8 Å². The van der Waals surface area contributed by atoms with Crippen LogP contribution in [0.4, 0.5) is 0 Å². The highest BCUT2D eigenvalue weighted by atomic mass is 32.2. The molecule has 1 aliphatic rings. The third-order valence-electron chi connectivity index (χ3n) is 3.14. The molecule has 1 unspecified atom stereocenters. The molecule has 1 aliphatic heterocycles. The van der Waals surface area contributed by atoms with E-state index >= 15 is 0 Å². The summed E-state index contributed by atoms with van der Waals surface area (Å²) in [6.07, 6.45) is 0.495. The van der Waals surface area contributed by atoms with Crippen molar-refractivity contribution in [3.05, 3.63) is 5.82 Å². The molecule has 0 aromatic carbocycles. The summed E-state index contributed by atoms with van der Waals surface area (Å²) in [5.41, 5.74) is -0.590. The highest BCUT2D eigenvalue weighted by Crippen LogP contribution is 2.34. The number of rotatable bonds is 4. The van der Waals surface area contributed by atoms with Gasteiger partial charge in [-0.1, -0.05) is 11.8 Å². The lowest BCUT2D eigenvalue weighted by Gasteiger charge is -2.26. The smallest absolute Gasteiger partial charge is 0.313 e. The van der Waals surface area contributed by atoms with E-state index in [9.17, 15) is 13.2 Å². The summed E-state index contributed by atoms with van der Waals surface area (Å²) in [6, 6.07) is 0. The Labute approximate surface area is 115 Å². The summed E-state index contributed by atoms with van der Waals surface area (Å²) in [5, 5.41) is 17.0. The largest absolute Gasteiger partial charge is 0.481 e. The van der Waals surface area contributed by atoms with Gasteiger partial charge in [0.25, 0.3) is 0 Å². The first-order valence-electron chi connectivity index (χ1n) is 5.71. The Hall–Kier alpha value is -1.09. The number of nitrogens with zero attached hydrogens (tertiary/aromatic N) is 3. The molecule has 1 N–H and O–H groups in total. The summed E-state index contributed by atoms with van der Waals surface area (Å²) in [7, 11) is -3.05. The van der Waals surface area contributed by atoms with Crippen molar-refractivity contribution in [2.24, 2.45) is 0 Å². The molecule has 2 rings (SSSR count). The normalized spacial score (nSPS) is 25.6. The number of hydrogen-bond acceptors (Lipinski definition) is 6. The van der Waals surface area contributed by atoms with Crippen molar-refractivity contribution < 1.29 is 18.3 Å². The molecule has 106 valence electrons. The molecule has 2 heterocycles. The number of carboxylic acid groups (broad SMARTS) is 1. The minimum atomic E-state index is -3.05. The second-order valence-electron chi connectivity index (χ2n) is 4.89. The van der Waals surface area contributed by atoms with Gasteiger partial charge in [-0.25, -0.2) is 8.42 Å². The van der Waals surface area contributed by atoms with Crippen LogP contribution in [0.3, 0.4) is 0 Å². The Morgan fingerprint density at radius 3 is 2.74 bits per heavy atom. The van der Waals surface area contributed by atoms with Gasteiger partial charge >= 0.3 is 5.97 Å². The maximum atomic E-state index is 11.7. The Balaban J connectivity index is 2.34. The van der Waals surface area contributed by atoms with Gasteiger partial charge in [0, 0.05) is 0 Å². The summed E-state index contributed by atoms with van der Waals surface area (Å²) in [4.78, 5) is 10.6. The lowest BCUT2D eigenvalue weighted by atomic mass is 10.0. The Bertz CT molecular complexity index is 610. The molecule has 1 fully saturated rings. The predicted octanol–water partition coefficient (Wildman–Crippen LogP) is 0.297. The van der Waals surface area contributed by atoms with Crippen LogP contribution in [0.25, 0.3) is 0 Å². The SMILES string of the molecule is Cc1nnc(SCC(=O)O)n1C1(C)CCS(=O)(=O)C1. The van der Waals surface area contributed by atoms with Crippen LogP contribution in [0.5, 0.6) is 0 Å². The Morgan fingerprint density at radius 2 is 2.21 bits per heavy atom. The van der Waals surface area contributed by atoms with E-state index in [1.807, 2.05) is 6.92 Å². The van der Waals surface area contributed by atoms with E-state index in [0.29, 0.717) is 17.4 Å². The first kappa shape index (κ1) is 14.3. The Kier molecular flexibility index (Phi) is 3.61. The molecule has 9 heteroatoms. The van der Waals surface area contributed by atoms with Crippen molar-refractivity contribution in [3.63, 3.8) is 0 Å². The van der Waals surface area contributed by atoms with E-state index in [4.69, 9.17) is 5.11 Å². The Morgan fingerprint density at radius 1 is 1.53 bits per heavy atom. The van der Waals surface area contributed by atoms with Gasteiger partial charge in [0.15, 0.2) is 15.0 Å². The highest BCUT2D eigenvalue weighted by molar-refractivity contribution is 7.99. The average molecular weight is 305 g/mol. The van der Waals surface area contributed by atoms with Crippen LogP contribution in [0.1, 0.15) is 19.2 Å². The van der Waals surface area contributed by atoms with E-state index in [-0.39, 0.29) is 17.3 Å². The molecule has 1 saturated heterocycles. The van der Waals surface area contributed by atoms with E-state index < -0.39 is 21.3 Å². The fraction of sp³-hybridized carbons (Fsp3) is 0.700. The molecule has 7 nitrogen and oxygen atoms in total. The third kappa shape index (κ3) is 2.92. The van der Waals surface area contributed by atoms with E-state index in [1.54, 1.807) is 11.5 Å². The van der Waals surface area contributed by atoms with Crippen molar-refractivity contribution in [2.45, 2.75) is 31.0 Å². The number of hydrogen-bond donors (Lipinski definition) is 1. The van der Waals surface area contributed by atoms with Crippen molar-refractivity contribution in [1.29, 1.82) is 0 Å². The number of aromatic nitrogens is 3. The monoisotopic (exact) mass is 305 g/mol. The number of aliphatic carboxylic acids is 1. The zero-order valence-electron chi connectivity index (χ0n) is 10.7. The van der Waals surface area contributed by atoms with E-state index in [2.05, 4.69) is 10.2 Å². The van der Waals surface area contributed by atoms with Crippen LogP contribution in [-0.4, -0.2) is 51.5 Å². The molecule has 0 spiro atoms. The van der Waals surface area contributed by atoms with Gasteiger partial charge in [-0.15, -0.1) is 10.2 Å². The molecule has 0 radical (unpaired) electrons. The number of carbonyl (C=O) groups is 1. The molecule has 0 bridgehead atoms. The lowest BCUT2D eigenvalue weighted by Crippen LogP contribution is -2.33. The highest BCUT2D eigenvalue weighted by Gasteiger charge is 2.42. The molecule has 1 aromatic heterocycles. The molecule has 0 aliphatic carbocycles.